The van der Waals surface area contributed by atoms with Crippen molar-refractivity contribution in [2.45, 2.75) is 26.3 Å². The number of hydrogen-bond donors (Lipinski definition) is 2. The second-order valence-electron chi connectivity index (χ2n) is 2.74. The normalized spacial score (nSPS) is 13.3. The molecule has 0 saturated heterocycles. The first-order valence-electron chi connectivity index (χ1n) is 4.03. The Morgan fingerprint density at radius 1 is 1.73 bits per heavy atom. The van der Waals surface area contributed by atoms with E-state index in [1.54, 1.807) is 6.33 Å². The van der Waals surface area contributed by atoms with E-state index >= 15 is 0 Å². The van der Waals surface area contributed by atoms with Gasteiger partial charge in [0.2, 0.25) is 0 Å². The van der Waals surface area contributed by atoms with Gasteiger partial charge in [0.05, 0.1) is 6.33 Å². The molecule has 0 bridgehead atoms. The van der Waals surface area contributed by atoms with Crippen LogP contribution in [0.4, 0.5) is 0 Å². The SMILES string of the molecule is CCN[C@H](C)Cc1cnc[nH]1. The number of aromatic amines is 1. The number of hydrogen-bond acceptors (Lipinski definition) is 2. The summed E-state index contributed by atoms with van der Waals surface area (Å²) in [5, 5.41) is 3.34. The van der Waals surface area contributed by atoms with Crippen LogP contribution in [0.2, 0.25) is 0 Å². The van der Waals surface area contributed by atoms with Gasteiger partial charge in [-0.15, -0.1) is 0 Å². The Kier molecular flexibility index (Phi) is 3.11. The Labute approximate surface area is 67.2 Å². The molecule has 0 unspecified atom stereocenters. The molecule has 1 rings (SSSR count). The van der Waals surface area contributed by atoms with E-state index in [-0.39, 0.29) is 0 Å². The fraction of sp³-hybridized carbons (Fsp3) is 0.625. The molecule has 62 valence electrons. The molecule has 0 aliphatic rings. The van der Waals surface area contributed by atoms with Crippen molar-refractivity contribution < 1.29 is 0 Å². The summed E-state index contributed by atoms with van der Waals surface area (Å²) in [5.41, 5.74) is 1.19. The molecule has 0 saturated carbocycles. The van der Waals surface area contributed by atoms with Crippen LogP contribution in [-0.4, -0.2) is 22.6 Å². The van der Waals surface area contributed by atoms with Gasteiger partial charge in [-0.3, -0.25) is 0 Å². The Morgan fingerprint density at radius 3 is 3.09 bits per heavy atom. The monoisotopic (exact) mass is 153 g/mol. The molecule has 11 heavy (non-hydrogen) atoms. The molecule has 0 fully saturated rings. The Balaban J connectivity index is 2.31. The van der Waals surface area contributed by atoms with E-state index in [4.69, 9.17) is 0 Å². The number of rotatable bonds is 4. The number of H-pyrrole nitrogens is 1. The average molecular weight is 153 g/mol. The number of aromatic nitrogens is 2. The average Bonchev–Trinajstić information content (AvgIpc) is 2.40. The lowest BCUT2D eigenvalue weighted by Crippen LogP contribution is -2.27. The van der Waals surface area contributed by atoms with Crippen LogP contribution >= 0.6 is 0 Å². The summed E-state index contributed by atoms with van der Waals surface area (Å²) in [6, 6.07) is 0.528. The highest BCUT2D eigenvalue weighted by Gasteiger charge is 2.01. The molecule has 0 radical (unpaired) electrons. The third-order valence-electron chi connectivity index (χ3n) is 1.63. The topological polar surface area (TPSA) is 40.7 Å². The quantitative estimate of drug-likeness (QED) is 0.676. The summed E-state index contributed by atoms with van der Waals surface area (Å²) < 4.78 is 0. The van der Waals surface area contributed by atoms with E-state index in [1.807, 2.05) is 6.20 Å². The maximum absolute atomic E-state index is 3.95. The Hall–Kier alpha value is -0.830. The lowest BCUT2D eigenvalue weighted by atomic mass is 10.2. The van der Waals surface area contributed by atoms with Crippen molar-refractivity contribution in [3.05, 3.63) is 18.2 Å². The molecule has 1 aromatic heterocycles. The van der Waals surface area contributed by atoms with Crippen molar-refractivity contribution in [3.63, 3.8) is 0 Å². The van der Waals surface area contributed by atoms with E-state index in [9.17, 15) is 0 Å². The second kappa shape index (κ2) is 4.13. The summed E-state index contributed by atoms with van der Waals surface area (Å²) >= 11 is 0. The van der Waals surface area contributed by atoms with Crippen molar-refractivity contribution in [3.8, 4) is 0 Å². The van der Waals surface area contributed by atoms with Gasteiger partial charge in [-0.2, -0.15) is 0 Å². The van der Waals surface area contributed by atoms with Crippen LogP contribution in [0.15, 0.2) is 12.5 Å². The fourth-order valence-electron chi connectivity index (χ4n) is 1.15. The first-order valence-corrected chi connectivity index (χ1v) is 4.03. The van der Waals surface area contributed by atoms with E-state index in [0.717, 1.165) is 13.0 Å². The standard InChI is InChI=1S/C8H15N3/c1-3-10-7(2)4-8-5-9-6-11-8/h5-7,10H,3-4H2,1-2H3,(H,9,11)/t7-/m1/s1. The third kappa shape index (κ3) is 2.72. The fourth-order valence-corrected chi connectivity index (χ4v) is 1.15. The highest BCUT2D eigenvalue weighted by atomic mass is 14.9. The van der Waals surface area contributed by atoms with Gasteiger partial charge >= 0.3 is 0 Å². The van der Waals surface area contributed by atoms with Crippen molar-refractivity contribution in [1.29, 1.82) is 0 Å². The van der Waals surface area contributed by atoms with Gasteiger partial charge < -0.3 is 10.3 Å². The van der Waals surface area contributed by atoms with Crippen molar-refractivity contribution in [1.82, 2.24) is 15.3 Å². The minimum atomic E-state index is 0.528. The molecule has 0 aliphatic carbocycles. The first-order chi connectivity index (χ1) is 5.33. The molecule has 2 N–H and O–H groups in total. The van der Waals surface area contributed by atoms with E-state index < -0.39 is 0 Å². The van der Waals surface area contributed by atoms with Crippen LogP contribution in [0.25, 0.3) is 0 Å². The van der Waals surface area contributed by atoms with Crippen LogP contribution in [0.3, 0.4) is 0 Å². The zero-order valence-electron chi connectivity index (χ0n) is 7.09. The zero-order valence-corrected chi connectivity index (χ0v) is 7.09. The molecule has 0 aromatic carbocycles. The van der Waals surface area contributed by atoms with E-state index in [0.29, 0.717) is 6.04 Å². The molecule has 1 aromatic rings. The molecule has 0 amide bonds. The van der Waals surface area contributed by atoms with Gasteiger partial charge in [0, 0.05) is 24.4 Å². The minimum Gasteiger partial charge on any atom is -0.348 e. The smallest absolute Gasteiger partial charge is 0.0921 e. The summed E-state index contributed by atoms with van der Waals surface area (Å²) in [4.78, 5) is 7.03. The van der Waals surface area contributed by atoms with Crippen LogP contribution < -0.4 is 5.32 Å². The van der Waals surface area contributed by atoms with Crippen LogP contribution in [0, 0.1) is 0 Å². The summed E-state index contributed by atoms with van der Waals surface area (Å²) in [5.74, 6) is 0. The van der Waals surface area contributed by atoms with Gasteiger partial charge in [-0.25, -0.2) is 4.98 Å². The molecule has 0 aliphatic heterocycles. The van der Waals surface area contributed by atoms with Crippen molar-refractivity contribution in [2.75, 3.05) is 6.54 Å². The summed E-state index contributed by atoms with van der Waals surface area (Å²) in [6.45, 7) is 5.31. The molecule has 3 nitrogen and oxygen atoms in total. The van der Waals surface area contributed by atoms with Gasteiger partial charge in [0.25, 0.3) is 0 Å². The largest absolute Gasteiger partial charge is 0.348 e. The summed E-state index contributed by atoms with van der Waals surface area (Å²) in [7, 11) is 0. The second-order valence-corrected chi connectivity index (χ2v) is 2.74. The van der Waals surface area contributed by atoms with Gasteiger partial charge in [0.1, 0.15) is 0 Å². The van der Waals surface area contributed by atoms with Crippen molar-refractivity contribution in [2.24, 2.45) is 0 Å². The van der Waals surface area contributed by atoms with Crippen LogP contribution in [0.5, 0.6) is 0 Å². The maximum atomic E-state index is 3.95. The highest BCUT2D eigenvalue weighted by molar-refractivity contribution is 4.96. The zero-order chi connectivity index (χ0) is 8.10. The number of likely N-dealkylation sites (N-methyl/N-ethyl adjacent to an activating group) is 1. The summed E-state index contributed by atoms with van der Waals surface area (Å²) in [6.07, 6.45) is 4.61. The molecule has 1 atom stereocenters. The van der Waals surface area contributed by atoms with Crippen LogP contribution in [0.1, 0.15) is 19.5 Å². The molecular weight excluding hydrogens is 138 g/mol. The van der Waals surface area contributed by atoms with E-state index in [1.165, 1.54) is 5.69 Å². The number of nitrogens with one attached hydrogen (secondary N) is 2. The highest BCUT2D eigenvalue weighted by Crippen LogP contribution is 1.96. The maximum Gasteiger partial charge on any atom is 0.0921 e. The Bertz CT molecular complexity index is 181. The first kappa shape index (κ1) is 8.27. The van der Waals surface area contributed by atoms with Crippen LogP contribution in [-0.2, 0) is 6.42 Å². The predicted molar refractivity (Wildman–Crippen MR) is 45.4 cm³/mol. The van der Waals surface area contributed by atoms with E-state index in [2.05, 4.69) is 29.1 Å². The third-order valence-corrected chi connectivity index (χ3v) is 1.63. The van der Waals surface area contributed by atoms with Gasteiger partial charge in [-0.05, 0) is 13.5 Å². The van der Waals surface area contributed by atoms with Gasteiger partial charge in [0.15, 0.2) is 0 Å². The number of nitrogens with zero attached hydrogens (tertiary/aromatic N) is 1. The molecule has 3 heteroatoms. The van der Waals surface area contributed by atoms with Gasteiger partial charge in [-0.1, -0.05) is 6.92 Å². The Morgan fingerprint density at radius 2 is 2.55 bits per heavy atom. The van der Waals surface area contributed by atoms with Crippen molar-refractivity contribution >= 4 is 0 Å². The molecule has 0 spiro atoms. The molecule has 1 heterocycles. The lowest BCUT2D eigenvalue weighted by molar-refractivity contribution is 0.560. The molecular formula is C8H15N3. The lowest BCUT2D eigenvalue weighted by Gasteiger charge is -2.09. The number of imidazole rings is 1. The predicted octanol–water partition coefficient (Wildman–Crippen LogP) is 0.950. The minimum absolute atomic E-state index is 0.528.